The molecule has 0 radical (unpaired) electrons. The number of carbonyl (C=O) groups is 1. The van der Waals surface area contributed by atoms with E-state index in [1.165, 1.54) is 18.2 Å². The number of amides is 1. The zero-order chi connectivity index (χ0) is 13.7. The highest BCUT2D eigenvalue weighted by Crippen LogP contribution is 2.27. The van der Waals surface area contributed by atoms with Gasteiger partial charge in [-0.1, -0.05) is 24.9 Å². The molecule has 0 aromatic heterocycles. The normalized spacial score (nSPS) is 11.9. The summed E-state index contributed by atoms with van der Waals surface area (Å²) in [6, 6.07) is 3.27. The number of benzene rings is 1. The van der Waals surface area contributed by atoms with Gasteiger partial charge in [-0.25, -0.2) is 0 Å². The lowest BCUT2D eigenvalue weighted by Crippen LogP contribution is -2.35. The van der Waals surface area contributed by atoms with Gasteiger partial charge in [0.25, 0.3) is 5.69 Å². The Morgan fingerprint density at radius 2 is 2.28 bits per heavy atom. The minimum absolute atomic E-state index is 0.0593. The molecule has 1 rings (SSSR count). The molecule has 0 spiro atoms. The molecule has 7 heteroatoms. The van der Waals surface area contributed by atoms with E-state index in [1.807, 2.05) is 6.92 Å². The zero-order valence-corrected chi connectivity index (χ0v) is 10.6. The fourth-order valence-corrected chi connectivity index (χ4v) is 1.61. The number of carbonyl (C=O) groups excluding carboxylic acids is 1. The molecule has 18 heavy (non-hydrogen) atoms. The van der Waals surface area contributed by atoms with Gasteiger partial charge in [0.05, 0.1) is 11.0 Å². The van der Waals surface area contributed by atoms with E-state index < -0.39 is 16.9 Å². The molecule has 0 heterocycles. The van der Waals surface area contributed by atoms with Gasteiger partial charge in [-0.3, -0.25) is 14.9 Å². The maximum atomic E-state index is 11.7. The molecule has 0 fully saturated rings. The smallest absolute Gasteiger partial charge is 0.292 e. The predicted octanol–water partition coefficient (Wildman–Crippen LogP) is 2.31. The molecule has 0 saturated heterocycles. The monoisotopic (exact) mass is 271 g/mol. The van der Waals surface area contributed by atoms with E-state index in [1.54, 1.807) is 0 Å². The fourth-order valence-electron chi connectivity index (χ4n) is 1.44. The summed E-state index contributed by atoms with van der Waals surface area (Å²) in [7, 11) is 0. The summed E-state index contributed by atoms with van der Waals surface area (Å²) < 4.78 is 0. The molecular weight excluding hydrogens is 258 g/mol. The van der Waals surface area contributed by atoms with Crippen molar-refractivity contribution in [1.82, 2.24) is 0 Å². The topological polar surface area (TPSA) is 98.3 Å². The van der Waals surface area contributed by atoms with Gasteiger partial charge in [-0.2, -0.15) is 0 Å². The zero-order valence-electron chi connectivity index (χ0n) is 9.85. The largest absolute Gasteiger partial charge is 0.320 e. The molecule has 0 aliphatic rings. The highest BCUT2D eigenvalue weighted by Gasteiger charge is 2.19. The third-order valence-electron chi connectivity index (χ3n) is 2.35. The van der Waals surface area contributed by atoms with Crippen molar-refractivity contribution in [3.8, 4) is 0 Å². The van der Waals surface area contributed by atoms with Crippen molar-refractivity contribution in [2.45, 2.75) is 25.8 Å². The first kappa shape index (κ1) is 14.4. The second kappa shape index (κ2) is 6.32. The number of nitrogens with zero attached hydrogens (tertiary/aromatic N) is 1. The summed E-state index contributed by atoms with van der Waals surface area (Å²) in [5.74, 6) is -0.456. The highest BCUT2D eigenvalue weighted by molar-refractivity contribution is 6.31. The number of nitrogens with two attached hydrogens (primary N) is 1. The van der Waals surface area contributed by atoms with Crippen molar-refractivity contribution in [1.29, 1.82) is 0 Å². The van der Waals surface area contributed by atoms with E-state index in [0.717, 1.165) is 6.42 Å². The fraction of sp³-hybridized carbons (Fsp3) is 0.364. The lowest BCUT2D eigenvalue weighted by molar-refractivity contribution is -0.383. The van der Waals surface area contributed by atoms with E-state index in [-0.39, 0.29) is 11.4 Å². The first-order valence-corrected chi connectivity index (χ1v) is 5.84. The van der Waals surface area contributed by atoms with Crippen LogP contribution in [0.5, 0.6) is 0 Å². The van der Waals surface area contributed by atoms with Crippen LogP contribution in [0.2, 0.25) is 5.02 Å². The Morgan fingerprint density at radius 1 is 1.61 bits per heavy atom. The van der Waals surface area contributed by atoms with E-state index in [9.17, 15) is 14.9 Å². The number of rotatable bonds is 5. The molecular formula is C11H14ClN3O3. The molecule has 6 nitrogen and oxygen atoms in total. The first-order chi connectivity index (χ1) is 8.45. The third kappa shape index (κ3) is 3.68. The third-order valence-corrected chi connectivity index (χ3v) is 2.58. The SMILES string of the molecule is CCC[C@H](N)C(=O)Nc1cc(Cl)ccc1[N+](=O)[O-]. The molecule has 98 valence electrons. The van der Waals surface area contributed by atoms with Crippen LogP contribution in [0.4, 0.5) is 11.4 Å². The Kier molecular flexibility index (Phi) is 5.06. The van der Waals surface area contributed by atoms with Crippen molar-refractivity contribution in [3.63, 3.8) is 0 Å². The maximum Gasteiger partial charge on any atom is 0.292 e. The Labute approximate surface area is 109 Å². The van der Waals surface area contributed by atoms with E-state index in [4.69, 9.17) is 17.3 Å². The Balaban J connectivity index is 2.92. The summed E-state index contributed by atoms with van der Waals surface area (Å²) in [5.41, 5.74) is 5.47. The molecule has 1 aromatic carbocycles. The molecule has 0 bridgehead atoms. The lowest BCUT2D eigenvalue weighted by Gasteiger charge is -2.11. The number of nitro groups is 1. The number of hydrogen-bond acceptors (Lipinski definition) is 4. The average molecular weight is 272 g/mol. The van der Waals surface area contributed by atoms with Crippen LogP contribution >= 0.6 is 11.6 Å². The number of nitrogens with one attached hydrogen (secondary N) is 1. The van der Waals surface area contributed by atoms with Gasteiger partial charge >= 0.3 is 0 Å². The van der Waals surface area contributed by atoms with Gasteiger partial charge in [-0.05, 0) is 18.6 Å². The van der Waals surface area contributed by atoms with Crippen LogP contribution in [0.15, 0.2) is 18.2 Å². The predicted molar refractivity (Wildman–Crippen MR) is 69.6 cm³/mol. The van der Waals surface area contributed by atoms with Gasteiger partial charge in [-0.15, -0.1) is 0 Å². The summed E-state index contributed by atoms with van der Waals surface area (Å²) >= 11 is 5.74. The van der Waals surface area contributed by atoms with Crippen molar-refractivity contribution in [2.24, 2.45) is 5.73 Å². The number of halogens is 1. The van der Waals surface area contributed by atoms with Gasteiger partial charge < -0.3 is 11.1 Å². The van der Waals surface area contributed by atoms with Crippen molar-refractivity contribution < 1.29 is 9.72 Å². The number of anilines is 1. The van der Waals surface area contributed by atoms with Crippen LogP contribution < -0.4 is 11.1 Å². The standard InChI is InChI=1S/C11H14ClN3O3/c1-2-3-8(13)11(16)14-9-6-7(12)4-5-10(9)15(17)18/h4-6,8H,2-3,13H2,1H3,(H,14,16)/t8-/m0/s1. The summed E-state index contributed by atoms with van der Waals surface area (Å²) in [6.07, 6.45) is 1.27. The van der Waals surface area contributed by atoms with Crippen LogP contribution in [0.3, 0.4) is 0 Å². The van der Waals surface area contributed by atoms with Crippen molar-refractivity contribution in [3.05, 3.63) is 33.3 Å². The summed E-state index contributed by atoms with van der Waals surface area (Å²) in [4.78, 5) is 21.9. The van der Waals surface area contributed by atoms with Crippen LogP contribution in [0.25, 0.3) is 0 Å². The van der Waals surface area contributed by atoms with Crippen LogP contribution in [0.1, 0.15) is 19.8 Å². The van der Waals surface area contributed by atoms with Crippen molar-refractivity contribution in [2.75, 3.05) is 5.32 Å². The van der Waals surface area contributed by atoms with E-state index in [0.29, 0.717) is 11.4 Å². The molecule has 0 aliphatic heterocycles. The number of hydrogen-bond donors (Lipinski definition) is 2. The average Bonchev–Trinajstić information content (AvgIpc) is 2.28. The van der Waals surface area contributed by atoms with Crippen LogP contribution in [-0.2, 0) is 4.79 Å². The maximum absolute atomic E-state index is 11.7. The highest BCUT2D eigenvalue weighted by atomic mass is 35.5. The van der Waals surface area contributed by atoms with Crippen molar-refractivity contribution >= 4 is 28.9 Å². The minimum atomic E-state index is -0.686. The summed E-state index contributed by atoms with van der Waals surface area (Å²) in [6.45, 7) is 1.90. The number of nitro benzene ring substituents is 1. The molecule has 1 amide bonds. The molecule has 0 saturated carbocycles. The summed E-state index contributed by atoms with van der Waals surface area (Å²) in [5, 5.41) is 13.5. The van der Waals surface area contributed by atoms with Gasteiger partial charge in [0.15, 0.2) is 0 Å². The van der Waals surface area contributed by atoms with Crippen LogP contribution in [0, 0.1) is 10.1 Å². The second-order valence-electron chi connectivity index (χ2n) is 3.80. The lowest BCUT2D eigenvalue weighted by atomic mass is 10.1. The Hall–Kier alpha value is -1.66. The molecule has 1 aromatic rings. The minimum Gasteiger partial charge on any atom is -0.320 e. The Bertz CT molecular complexity index is 465. The van der Waals surface area contributed by atoms with Gasteiger partial charge in [0.1, 0.15) is 5.69 Å². The molecule has 3 N–H and O–H groups in total. The molecule has 1 atom stereocenters. The van der Waals surface area contributed by atoms with E-state index >= 15 is 0 Å². The molecule has 0 unspecified atom stereocenters. The first-order valence-electron chi connectivity index (χ1n) is 5.46. The quantitative estimate of drug-likeness (QED) is 0.634. The van der Waals surface area contributed by atoms with E-state index in [2.05, 4.69) is 5.32 Å². The van der Waals surface area contributed by atoms with Gasteiger partial charge in [0.2, 0.25) is 5.91 Å². The molecule has 0 aliphatic carbocycles. The Morgan fingerprint density at radius 3 is 2.83 bits per heavy atom. The van der Waals surface area contributed by atoms with Gasteiger partial charge in [0, 0.05) is 11.1 Å². The second-order valence-corrected chi connectivity index (χ2v) is 4.24. The van der Waals surface area contributed by atoms with Crippen LogP contribution in [-0.4, -0.2) is 16.9 Å².